The molecule has 1 aromatic carbocycles. The van der Waals surface area contributed by atoms with E-state index in [1.54, 1.807) is 10.8 Å². The van der Waals surface area contributed by atoms with Crippen molar-refractivity contribution in [3.63, 3.8) is 0 Å². The molecule has 0 bridgehead atoms. The summed E-state index contributed by atoms with van der Waals surface area (Å²) in [7, 11) is 0. The van der Waals surface area contributed by atoms with Gasteiger partial charge in [-0.2, -0.15) is 26.3 Å². The van der Waals surface area contributed by atoms with E-state index < -0.39 is 29.7 Å². The molecular formula is C22H21F7N4O2. The van der Waals surface area contributed by atoms with Gasteiger partial charge in [-0.15, -0.1) is 5.06 Å². The summed E-state index contributed by atoms with van der Waals surface area (Å²) in [5.41, 5.74) is -1.10. The Balaban J connectivity index is 1.60. The number of hydroxylamine groups is 2. The molecule has 1 unspecified atom stereocenters. The van der Waals surface area contributed by atoms with Crippen LogP contribution in [0.2, 0.25) is 0 Å². The number of carbonyl (C=O) groups is 1. The lowest BCUT2D eigenvalue weighted by atomic mass is 9.97. The number of nitrogens with zero attached hydrogens (tertiary/aromatic N) is 4. The quantitative estimate of drug-likeness (QED) is 0.519. The minimum atomic E-state index is -5.10. The fourth-order valence-electron chi connectivity index (χ4n) is 4.09. The molecule has 1 aromatic heterocycles. The number of benzene rings is 1. The first-order valence-electron chi connectivity index (χ1n) is 10.8. The van der Waals surface area contributed by atoms with Gasteiger partial charge in [0, 0.05) is 37.3 Å². The van der Waals surface area contributed by atoms with Crippen molar-refractivity contribution in [3.8, 4) is 11.3 Å². The molecule has 2 aliphatic rings. The van der Waals surface area contributed by atoms with Crippen molar-refractivity contribution < 1.29 is 40.4 Å². The zero-order valence-electron chi connectivity index (χ0n) is 18.4. The molecular weight excluding hydrogens is 485 g/mol. The predicted molar refractivity (Wildman–Crippen MR) is 109 cm³/mol. The van der Waals surface area contributed by atoms with Crippen LogP contribution in [0.3, 0.4) is 0 Å². The van der Waals surface area contributed by atoms with Crippen molar-refractivity contribution in [2.75, 3.05) is 19.6 Å². The molecule has 2 aliphatic heterocycles. The van der Waals surface area contributed by atoms with Gasteiger partial charge in [0.25, 0.3) is 0 Å². The molecule has 4 rings (SSSR count). The van der Waals surface area contributed by atoms with E-state index in [9.17, 15) is 35.5 Å². The Morgan fingerprint density at radius 3 is 2.34 bits per heavy atom. The summed E-state index contributed by atoms with van der Waals surface area (Å²) < 4.78 is 92.7. The third-order valence-corrected chi connectivity index (χ3v) is 6.09. The third kappa shape index (κ3) is 5.29. The third-order valence-electron chi connectivity index (χ3n) is 6.09. The first-order chi connectivity index (χ1) is 16.3. The molecule has 1 atom stereocenters. The number of hydrogen-bond donors (Lipinski definition) is 0. The fourth-order valence-corrected chi connectivity index (χ4v) is 4.09. The van der Waals surface area contributed by atoms with Crippen LogP contribution in [0.15, 0.2) is 36.7 Å². The Morgan fingerprint density at radius 2 is 1.80 bits per heavy atom. The Hall–Kier alpha value is -3.09. The molecule has 35 heavy (non-hydrogen) atoms. The Kier molecular flexibility index (Phi) is 6.56. The Morgan fingerprint density at radius 1 is 1.14 bits per heavy atom. The second kappa shape index (κ2) is 9.17. The van der Waals surface area contributed by atoms with Crippen LogP contribution < -0.4 is 0 Å². The van der Waals surface area contributed by atoms with Gasteiger partial charge < -0.3 is 14.3 Å². The molecule has 190 valence electrons. The largest absolute Gasteiger partial charge is 0.492 e. The van der Waals surface area contributed by atoms with Crippen molar-refractivity contribution >= 4 is 5.97 Å². The number of halogens is 7. The van der Waals surface area contributed by atoms with E-state index in [1.165, 1.54) is 6.07 Å². The highest BCUT2D eigenvalue weighted by Gasteiger charge is 2.43. The summed E-state index contributed by atoms with van der Waals surface area (Å²) in [5, 5.41) is 0.942. The maximum atomic E-state index is 13.8. The van der Waals surface area contributed by atoms with Crippen LogP contribution in [0.4, 0.5) is 30.7 Å². The molecule has 13 heteroatoms. The molecule has 0 spiro atoms. The molecule has 0 aliphatic carbocycles. The average molecular weight is 506 g/mol. The van der Waals surface area contributed by atoms with Crippen LogP contribution >= 0.6 is 0 Å². The molecule has 6 nitrogen and oxygen atoms in total. The summed E-state index contributed by atoms with van der Waals surface area (Å²) in [6.45, 7) is 2.60. The Labute approximate surface area is 195 Å². The van der Waals surface area contributed by atoms with E-state index in [-0.39, 0.29) is 36.4 Å². The fraction of sp³-hybridized carbons (Fsp3) is 0.455. The van der Waals surface area contributed by atoms with Crippen LogP contribution in [0, 0.1) is 5.82 Å². The molecule has 1 fully saturated rings. The molecule has 3 heterocycles. The van der Waals surface area contributed by atoms with Crippen LogP contribution in [-0.4, -0.2) is 51.3 Å². The van der Waals surface area contributed by atoms with E-state index in [1.807, 2.05) is 24.1 Å². The standard InChI is InChI=1S/C22H21F7N4O2/c1-13(31-7-2-8-31)33-12-18(15-3-4-17(23)16(11-15)21(24,25)26)30-19(33)14-5-9-32(10-6-14)35-20(34)22(27,28)29/h2-4,7,11-14H,5-6,8-10H2,1H3. The SMILES string of the molecule is CC(N1C=CC1)n1cc(-c2ccc(F)c(C(F)(F)F)c2)nc1C1CCN(OC(=O)C(F)(F)F)CC1. The molecule has 2 aromatic rings. The zero-order chi connectivity index (χ0) is 25.5. The van der Waals surface area contributed by atoms with Gasteiger partial charge in [-0.25, -0.2) is 14.2 Å². The predicted octanol–water partition coefficient (Wildman–Crippen LogP) is 5.26. The van der Waals surface area contributed by atoms with Gasteiger partial charge in [0.1, 0.15) is 17.8 Å². The van der Waals surface area contributed by atoms with Crippen molar-refractivity contribution in [1.29, 1.82) is 0 Å². The Bertz CT molecular complexity index is 1120. The second-order valence-corrected chi connectivity index (χ2v) is 8.38. The summed E-state index contributed by atoms with van der Waals surface area (Å²) in [6.07, 6.45) is -4.23. The van der Waals surface area contributed by atoms with E-state index in [4.69, 9.17) is 0 Å². The van der Waals surface area contributed by atoms with Crippen molar-refractivity contribution in [3.05, 3.63) is 53.9 Å². The van der Waals surface area contributed by atoms with E-state index in [0.717, 1.165) is 11.1 Å². The maximum Gasteiger partial charge on any atom is 0.492 e. The lowest BCUT2D eigenvalue weighted by molar-refractivity contribution is -0.241. The second-order valence-electron chi connectivity index (χ2n) is 8.38. The van der Waals surface area contributed by atoms with Crippen LogP contribution in [-0.2, 0) is 15.8 Å². The monoisotopic (exact) mass is 506 g/mol. The number of carbonyl (C=O) groups excluding carboxylic acids is 1. The average Bonchev–Trinajstić information content (AvgIpc) is 3.17. The molecule has 0 radical (unpaired) electrons. The van der Waals surface area contributed by atoms with E-state index in [2.05, 4.69) is 9.82 Å². The van der Waals surface area contributed by atoms with Gasteiger partial charge in [0.15, 0.2) is 0 Å². The van der Waals surface area contributed by atoms with Crippen LogP contribution in [0.1, 0.15) is 43.2 Å². The highest BCUT2D eigenvalue weighted by Crippen LogP contribution is 2.37. The summed E-state index contributed by atoms with van der Waals surface area (Å²) >= 11 is 0. The van der Waals surface area contributed by atoms with Gasteiger partial charge >= 0.3 is 18.3 Å². The van der Waals surface area contributed by atoms with E-state index >= 15 is 0 Å². The van der Waals surface area contributed by atoms with Crippen molar-refractivity contribution in [1.82, 2.24) is 19.5 Å². The van der Waals surface area contributed by atoms with Crippen molar-refractivity contribution in [2.24, 2.45) is 0 Å². The van der Waals surface area contributed by atoms with Gasteiger partial charge in [0.05, 0.1) is 11.3 Å². The first kappa shape index (κ1) is 25.0. The molecule has 1 saturated heterocycles. The summed E-state index contributed by atoms with van der Waals surface area (Å²) in [5.74, 6) is -3.40. The van der Waals surface area contributed by atoms with Crippen LogP contribution in [0.5, 0.6) is 0 Å². The maximum absolute atomic E-state index is 13.8. The van der Waals surface area contributed by atoms with Crippen LogP contribution in [0.25, 0.3) is 11.3 Å². The number of piperidine rings is 1. The topological polar surface area (TPSA) is 50.6 Å². The molecule has 0 amide bonds. The van der Waals surface area contributed by atoms with Gasteiger partial charge in [0.2, 0.25) is 0 Å². The van der Waals surface area contributed by atoms with Gasteiger partial charge in [-0.05, 0) is 50.2 Å². The minimum absolute atomic E-state index is 0.0292. The number of hydrogen-bond acceptors (Lipinski definition) is 5. The van der Waals surface area contributed by atoms with E-state index in [0.29, 0.717) is 31.3 Å². The smallest absolute Gasteiger partial charge is 0.361 e. The lowest BCUT2D eigenvalue weighted by Crippen LogP contribution is -2.40. The number of aromatic nitrogens is 2. The minimum Gasteiger partial charge on any atom is -0.361 e. The molecule has 0 N–H and O–H groups in total. The zero-order valence-corrected chi connectivity index (χ0v) is 18.4. The van der Waals surface area contributed by atoms with Gasteiger partial charge in [-0.1, -0.05) is 0 Å². The number of alkyl halides is 6. The highest BCUT2D eigenvalue weighted by atomic mass is 19.4. The lowest BCUT2D eigenvalue weighted by Gasteiger charge is -2.36. The number of rotatable bonds is 5. The summed E-state index contributed by atoms with van der Waals surface area (Å²) in [4.78, 5) is 22.0. The number of imidazole rings is 1. The van der Waals surface area contributed by atoms with Crippen molar-refractivity contribution in [2.45, 2.75) is 44.2 Å². The normalized spacial score (nSPS) is 18.5. The summed E-state index contributed by atoms with van der Waals surface area (Å²) in [6, 6.07) is 2.67. The highest BCUT2D eigenvalue weighted by molar-refractivity contribution is 5.75. The van der Waals surface area contributed by atoms with Gasteiger partial charge in [-0.3, -0.25) is 0 Å². The first-order valence-corrected chi connectivity index (χ1v) is 10.8. The molecule has 0 saturated carbocycles.